The molecule has 0 saturated heterocycles. The van der Waals surface area contributed by atoms with E-state index >= 15 is 0 Å². The van der Waals surface area contributed by atoms with E-state index in [-0.39, 0.29) is 0 Å². The SMILES string of the molecule is CCNC(C)c1cccc(OCCn2ccnc2)c1. The Bertz CT molecular complexity index is 482. The Hall–Kier alpha value is -1.81. The van der Waals surface area contributed by atoms with Gasteiger partial charge in [-0.3, -0.25) is 0 Å². The molecule has 102 valence electrons. The molecule has 0 saturated carbocycles. The largest absolute Gasteiger partial charge is 0.492 e. The summed E-state index contributed by atoms with van der Waals surface area (Å²) in [4.78, 5) is 4.00. The summed E-state index contributed by atoms with van der Waals surface area (Å²) in [7, 11) is 0. The first kappa shape index (κ1) is 13.6. The maximum absolute atomic E-state index is 5.77. The van der Waals surface area contributed by atoms with E-state index in [9.17, 15) is 0 Å². The zero-order valence-corrected chi connectivity index (χ0v) is 11.5. The molecule has 1 aromatic carbocycles. The summed E-state index contributed by atoms with van der Waals surface area (Å²) in [5.74, 6) is 0.919. The third-order valence-electron chi connectivity index (χ3n) is 3.05. The third-order valence-corrected chi connectivity index (χ3v) is 3.05. The van der Waals surface area contributed by atoms with Crippen LogP contribution >= 0.6 is 0 Å². The smallest absolute Gasteiger partial charge is 0.119 e. The molecule has 1 heterocycles. The average molecular weight is 259 g/mol. The van der Waals surface area contributed by atoms with Crippen LogP contribution in [0.1, 0.15) is 25.5 Å². The van der Waals surface area contributed by atoms with E-state index < -0.39 is 0 Å². The fourth-order valence-corrected chi connectivity index (χ4v) is 1.99. The lowest BCUT2D eigenvalue weighted by Gasteiger charge is -2.14. The highest BCUT2D eigenvalue weighted by Gasteiger charge is 2.04. The standard InChI is InChI=1S/C15H21N3O/c1-3-17-13(2)14-5-4-6-15(11-14)19-10-9-18-8-7-16-12-18/h4-8,11-13,17H,3,9-10H2,1-2H3. The molecule has 0 spiro atoms. The maximum atomic E-state index is 5.77. The van der Waals surface area contributed by atoms with Crippen molar-refractivity contribution < 1.29 is 4.74 Å². The zero-order chi connectivity index (χ0) is 13.5. The van der Waals surface area contributed by atoms with Gasteiger partial charge in [-0.25, -0.2) is 4.98 Å². The van der Waals surface area contributed by atoms with Crippen LogP contribution in [0.15, 0.2) is 43.0 Å². The van der Waals surface area contributed by atoms with Crippen molar-refractivity contribution in [2.24, 2.45) is 0 Å². The molecule has 4 heteroatoms. The number of rotatable bonds is 7. The number of benzene rings is 1. The van der Waals surface area contributed by atoms with Gasteiger partial charge in [0.25, 0.3) is 0 Å². The summed E-state index contributed by atoms with van der Waals surface area (Å²) < 4.78 is 7.78. The highest BCUT2D eigenvalue weighted by Crippen LogP contribution is 2.18. The number of hydrogen-bond donors (Lipinski definition) is 1. The van der Waals surface area contributed by atoms with Gasteiger partial charge in [0.1, 0.15) is 12.4 Å². The molecule has 0 aliphatic heterocycles. The molecule has 0 fully saturated rings. The van der Waals surface area contributed by atoms with E-state index in [4.69, 9.17) is 4.74 Å². The molecule has 1 aromatic heterocycles. The zero-order valence-electron chi connectivity index (χ0n) is 11.5. The van der Waals surface area contributed by atoms with Crippen LogP contribution in [0, 0.1) is 0 Å². The van der Waals surface area contributed by atoms with Crippen molar-refractivity contribution in [3.63, 3.8) is 0 Å². The van der Waals surface area contributed by atoms with Crippen molar-refractivity contribution >= 4 is 0 Å². The van der Waals surface area contributed by atoms with Gasteiger partial charge in [0.05, 0.1) is 12.9 Å². The lowest BCUT2D eigenvalue weighted by molar-refractivity contribution is 0.298. The molecule has 2 rings (SSSR count). The second-order valence-electron chi connectivity index (χ2n) is 4.50. The van der Waals surface area contributed by atoms with Gasteiger partial charge in [0.15, 0.2) is 0 Å². The topological polar surface area (TPSA) is 39.1 Å². The van der Waals surface area contributed by atoms with Crippen molar-refractivity contribution in [3.05, 3.63) is 48.5 Å². The highest BCUT2D eigenvalue weighted by atomic mass is 16.5. The second kappa shape index (κ2) is 6.95. The Balaban J connectivity index is 1.88. The van der Waals surface area contributed by atoms with Gasteiger partial charge in [-0.2, -0.15) is 0 Å². The lowest BCUT2D eigenvalue weighted by atomic mass is 10.1. The molecule has 1 unspecified atom stereocenters. The maximum Gasteiger partial charge on any atom is 0.119 e. The van der Waals surface area contributed by atoms with Crippen molar-refractivity contribution in [1.29, 1.82) is 0 Å². The molecule has 0 amide bonds. The molecular weight excluding hydrogens is 238 g/mol. The minimum Gasteiger partial charge on any atom is -0.492 e. The predicted molar refractivity (Wildman–Crippen MR) is 76.3 cm³/mol. The first-order valence-electron chi connectivity index (χ1n) is 6.71. The number of ether oxygens (including phenoxy) is 1. The number of nitrogens with zero attached hydrogens (tertiary/aromatic N) is 2. The van der Waals surface area contributed by atoms with Crippen LogP contribution in [0.3, 0.4) is 0 Å². The summed E-state index contributed by atoms with van der Waals surface area (Å²) in [5, 5.41) is 3.40. The summed E-state index contributed by atoms with van der Waals surface area (Å²) >= 11 is 0. The first-order valence-corrected chi connectivity index (χ1v) is 6.71. The normalized spacial score (nSPS) is 12.3. The van der Waals surface area contributed by atoms with Gasteiger partial charge in [0, 0.05) is 18.4 Å². The quantitative estimate of drug-likeness (QED) is 0.831. The molecular formula is C15H21N3O. The molecule has 4 nitrogen and oxygen atoms in total. The van der Waals surface area contributed by atoms with Crippen molar-refractivity contribution in [2.45, 2.75) is 26.4 Å². The van der Waals surface area contributed by atoms with Gasteiger partial charge in [-0.05, 0) is 31.2 Å². The molecule has 0 aliphatic carbocycles. The van der Waals surface area contributed by atoms with Gasteiger partial charge >= 0.3 is 0 Å². The molecule has 0 radical (unpaired) electrons. The van der Waals surface area contributed by atoms with Crippen LogP contribution < -0.4 is 10.1 Å². The summed E-state index contributed by atoms with van der Waals surface area (Å²) in [6, 6.07) is 8.60. The molecule has 0 aliphatic rings. The molecule has 0 bridgehead atoms. The monoisotopic (exact) mass is 259 g/mol. The van der Waals surface area contributed by atoms with Gasteiger partial charge < -0.3 is 14.6 Å². The lowest BCUT2D eigenvalue weighted by Crippen LogP contribution is -2.17. The van der Waals surface area contributed by atoms with Crippen molar-refractivity contribution in [1.82, 2.24) is 14.9 Å². The minimum atomic E-state index is 0.349. The molecule has 1 atom stereocenters. The van der Waals surface area contributed by atoms with Crippen molar-refractivity contribution in [2.75, 3.05) is 13.2 Å². The van der Waals surface area contributed by atoms with Crippen LogP contribution in [-0.2, 0) is 6.54 Å². The fourth-order valence-electron chi connectivity index (χ4n) is 1.99. The first-order chi connectivity index (χ1) is 9.29. The fraction of sp³-hybridized carbons (Fsp3) is 0.400. The van der Waals surface area contributed by atoms with Crippen molar-refractivity contribution in [3.8, 4) is 5.75 Å². The van der Waals surface area contributed by atoms with Gasteiger partial charge in [-0.1, -0.05) is 19.1 Å². The van der Waals surface area contributed by atoms with Crippen LogP contribution in [0.2, 0.25) is 0 Å². The van der Waals surface area contributed by atoms with E-state index in [1.165, 1.54) is 5.56 Å². The number of aromatic nitrogens is 2. The van der Waals surface area contributed by atoms with Gasteiger partial charge in [-0.15, -0.1) is 0 Å². The second-order valence-corrected chi connectivity index (χ2v) is 4.50. The highest BCUT2D eigenvalue weighted by molar-refractivity contribution is 5.30. The Labute approximate surface area is 114 Å². The van der Waals surface area contributed by atoms with E-state index in [1.54, 1.807) is 12.5 Å². The van der Waals surface area contributed by atoms with Crippen LogP contribution in [0.5, 0.6) is 5.75 Å². The Morgan fingerprint density at radius 3 is 3.05 bits per heavy atom. The Morgan fingerprint density at radius 1 is 1.42 bits per heavy atom. The van der Waals surface area contributed by atoms with Crippen LogP contribution in [0.4, 0.5) is 0 Å². The number of nitrogens with one attached hydrogen (secondary N) is 1. The summed E-state index contributed by atoms with van der Waals surface area (Å²) in [6.45, 7) is 6.70. The third kappa shape index (κ3) is 4.10. The van der Waals surface area contributed by atoms with Crippen LogP contribution in [0.25, 0.3) is 0 Å². The van der Waals surface area contributed by atoms with Crippen LogP contribution in [-0.4, -0.2) is 22.7 Å². The molecule has 1 N–H and O–H groups in total. The Morgan fingerprint density at radius 2 is 2.32 bits per heavy atom. The Kier molecular flexibility index (Phi) is 4.98. The number of hydrogen-bond acceptors (Lipinski definition) is 3. The average Bonchev–Trinajstić information content (AvgIpc) is 2.93. The molecule has 19 heavy (non-hydrogen) atoms. The van der Waals surface area contributed by atoms with E-state index in [1.807, 2.05) is 22.9 Å². The predicted octanol–water partition coefficient (Wildman–Crippen LogP) is 2.63. The minimum absolute atomic E-state index is 0.349. The van der Waals surface area contributed by atoms with E-state index in [0.29, 0.717) is 12.6 Å². The summed E-state index contributed by atoms with van der Waals surface area (Å²) in [5.41, 5.74) is 1.25. The van der Waals surface area contributed by atoms with E-state index in [2.05, 4.69) is 36.3 Å². The number of imidazole rings is 1. The summed E-state index contributed by atoms with van der Waals surface area (Å²) in [6.07, 6.45) is 5.51. The molecule has 2 aromatic rings. The van der Waals surface area contributed by atoms with E-state index in [0.717, 1.165) is 18.8 Å². The van der Waals surface area contributed by atoms with Gasteiger partial charge in [0.2, 0.25) is 0 Å².